The number of fused-ring (bicyclic) bond motifs is 1. The van der Waals surface area contributed by atoms with Crippen LogP contribution in [0.4, 0.5) is 0 Å². The summed E-state index contributed by atoms with van der Waals surface area (Å²) in [4.78, 5) is 0. The SMILES string of the molecule is CC.CC(C)c1ccc2nncn2c1. The summed E-state index contributed by atoms with van der Waals surface area (Å²) < 4.78 is 1.94. The van der Waals surface area contributed by atoms with Crippen molar-refractivity contribution in [1.82, 2.24) is 14.6 Å². The third kappa shape index (κ3) is 2.10. The number of aromatic nitrogens is 3. The molecule has 3 heteroatoms. The van der Waals surface area contributed by atoms with Crippen molar-refractivity contribution in [3.05, 3.63) is 30.2 Å². The lowest BCUT2D eigenvalue weighted by Gasteiger charge is -2.04. The lowest BCUT2D eigenvalue weighted by atomic mass is 10.1. The fourth-order valence-electron chi connectivity index (χ4n) is 1.19. The molecular weight excluding hydrogens is 174 g/mol. The second kappa shape index (κ2) is 4.74. The molecule has 2 aromatic heterocycles. The van der Waals surface area contributed by atoms with Gasteiger partial charge in [-0.25, -0.2) is 0 Å². The predicted molar refractivity (Wildman–Crippen MR) is 58.4 cm³/mol. The van der Waals surface area contributed by atoms with Crippen molar-refractivity contribution in [2.45, 2.75) is 33.6 Å². The normalized spacial score (nSPS) is 10.1. The smallest absolute Gasteiger partial charge is 0.160 e. The summed E-state index contributed by atoms with van der Waals surface area (Å²) in [5, 5.41) is 7.75. The minimum absolute atomic E-state index is 0.553. The Labute approximate surface area is 84.8 Å². The first-order chi connectivity index (χ1) is 6.77. The highest BCUT2D eigenvalue weighted by atomic mass is 15.2. The van der Waals surface area contributed by atoms with Crippen molar-refractivity contribution in [1.29, 1.82) is 0 Å². The van der Waals surface area contributed by atoms with Gasteiger partial charge in [-0.3, -0.25) is 4.40 Å². The van der Waals surface area contributed by atoms with Crippen molar-refractivity contribution in [3.63, 3.8) is 0 Å². The van der Waals surface area contributed by atoms with Crippen LogP contribution in [0.15, 0.2) is 24.7 Å². The fourth-order valence-corrected chi connectivity index (χ4v) is 1.19. The molecule has 0 fully saturated rings. The summed E-state index contributed by atoms with van der Waals surface area (Å²) in [6.45, 7) is 8.34. The van der Waals surface area contributed by atoms with Crippen LogP contribution in [0.2, 0.25) is 0 Å². The van der Waals surface area contributed by atoms with Gasteiger partial charge in [0.1, 0.15) is 6.33 Å². The lowest BCUT2D eigenvalue weighted by molar-refractivity contribution is 0.853. The van der Waals surface area contributed by atoms with E-state index in [1.807, 2.05) is 24.3 Å². The topological polar surface area (TPSA) is 30.2 Å². The van der Waals surface area contributed by atoms with E-state index in [0.29, 0.717) is 5.92 Å². The molecule has 0 amide bonds. The Kier molecular flexibility index (Phi) is 3.63. The average Bonchev–Trinajstić information content (AvgIpc) is 2.67. The zero-order valence-electron chi connectivity index (χ0n) is 9.23. The Morgan fingerprint density at radius 2 is 1.93 bits per heavy atom. The van der Waals surface area contributed by atoms with Crippen LogP contribution in [0, 0.1) is 0 Å². The molecule has 0 radical (unpaired) electrons. The molecule has 14 heavy (non-hydrogen) atoms. The maximum atomic E-state index is 3.93. The van der Waals surface area contributed by atoms with Crippen molar-refractivity contribution in [3.8, 4) is 0 Å². The number of hydrogen-bond donors (Lipinski definition) is 0. The molecule has 3 nitrogen and oxygen atoms in total. The van der Waals surface area contributed by atoms with Crippen LogP contribution < -0.4 is 0 Å². The number of rotatable bonds is 1. The van der Waals surface area contributed by atoms with E-state index < -0.39 is 0 Å². The molecule has 0 aromatic carbocycles. The van der Waals surface area contributed by atoms with Gasteiger partial charge in [-0.05, 0) is 17.5 Å². The Balaban J connectivity index is 0.000000461. The Morgan fingerprint density at radius 3 is 2.57 bits per heavy atom. The second-order valence-electron chi connectivity index (χ2n) is 3.21. The van der Waals surface area contributed by atoms with Gasteiger partial charge in [-0.1, -0.05) is 33.8 Å². The molecular formula is C11H17N3. The van der Waals surface area contributed by atoms with E-state index in [2.05, 4.69) is 36.3 Å². The monoisotopic (exact) mass is 191 g/mol. The molecule has 0 saturated carbocycles. The third-order valence-corrected chi connectivity index (χ3v) is 1.98. The number of hydrogen-bond acceptors (Lipinski definition) is 2. The summed E-state index contributed by atoms with van der Waals surface area (Å²) in [6.07, 6.45) is 3.79. The fraction of sp³-hybridized carbons (Fsp3) is 0.455. The average molecular weight is 191 g/mol. The number of nitrogens with zero attached hydrogens (tertiary/aromatic N) is 3. The van der Waals surface area contributed by atoms with E-state index in [9.17, 15) is 0 Å². The molecule has 2 rings (SSSR count). The third-order valence-electron chi connectivity index (χ3n) is 1.98. The van der Waals surface area contributed by atoms with Gasteiger partial charge in [0.25, 0.3) is 0 Å². The summed E-state index contributed by atoms with van der Waals surface area (Å²) in [5.41, 5.74) is 2.21. The highest BCUT2D eigenvalue weighted by Gasteiger charge is 2.00. The van der Waals surface area contributed by atoms with Crippen molar-refractivity contribution < 1.29 is 0 Å². The molecule has 0 N–H and O–H groups in total. The first-order valence-electron chi connectivity index (χ1n) is 5.06. The quantitative estimate of drug-likeness (QED) is 0.693. The molecule has 0 aliphatic rings. The van der Waals surface area contributed by atoms with Gasteiger partial charge in [0, 0.05) is 6.20 Å². The van der Waals surface area contributed by atoms with Gasteiger partial charge in [-0.2, -0.15) is 0 Å². The van der Waals surface area contributed by atoms with Crippen LogP contribution >= 0.6 is 0 Å². The van der Waals surface area contributed by atoms with E-state index in [4.69, 9.17) is 0 Å². The molecule has 0 unspecified atom stereocenters. The van der Waals surface area contributed by atoms with Crippen molar-refractivity contribution >= 4 is 5.65 Å². The van der Waals surface area contributed by atoms with Gasteiger partial charge in [-0.15, -0.1) is 10.2 Å². The summed E-state index contributed by atoms with van der Waals surface area (Å²) >= 11 is 0. The van der Waals surface area contributed by atoms with E-state index in [1.54, 1.807) is 6.33 Å². The standard InChI is InChI=1S/C9H11N3.C2H6/c1-7(2)8-3-4-9-11-10-6-12(9)5-8;1-2/h3-7H,1-2H3;1-2H3. The Morgan fingerprint density at radius 1 is 1.21 bits per heavy atom. The minimum atomic E-state index is 0.553. The molecule has 76 valence electrons. The zero-order chi connectivity index (χ0) is 10.6. The number of pyridine rings is 1. The molecule has 0 aliphatic heterocycles. The molecule has 0 aliphatic carbocycles. The zero-order valence-corrected chi connectivity index (χ0v) is 9.23. The van der Waals surface area contributed by atoms with Gasteiger partial charge < -0.3 is 0 Å². The largest absolute Gasteiger partial charge is 0.289 e. The van der Waals surface area contributed by atoms with Gasteiger partial charge in [0.05, 0.1) is 0 Å². The Bertz CT molecular complexity index is 390. The van der Waals surface area contributed by atoms with Crippen LogP contribution in [0.5, 0.6) is 0 Å². The molecule has 0 atom stereocenters. The van der Waals surface area contributed by atoms with Crippen LogP contribution in [0.25, 0.3) is 5.65 Å². The highest BCUT2D eigenvalue weighted by molar-refractivity contribution is 5.38. The summed E-state index contributed by atoms with van der Waals surface area (Å²) in [7, 11) is 0. The molecule has 0 saturated heterocycles. The van der Waals surface area contributed by atoms with E-state index in [1.165, 1.54) is 5.56 Å². The first-order valence-corrected chi connectivity index (χ1v) is 5.06. The maximum Gasteiger partial charge on any atom is 0.160 e. The first kappa shape index (κ1) is 10.7. The van der Waals surface area contributed by atoms with E-state index >= 15 is 0 Å². The molecule has 0 bridgehead atoms. The minimum Gasteiger partial charge on any atom is -0.289 e. The summed E-state index contributed by atoms with van der Waals surface area (Å²) in [5.74, 6) is 0.553. The molecule has 2 aromatic rings. The van der Waals surface area contributed by atoms with Gasteiger partial charge in [0.15, 0.2) is 5.65 Å². The Hall–Kier alpha value is -1.38. The van der Waals surface area contributed by atoms with Crippen LogP contribution in [0.1, 0.15) is 39.2 Å². The summed E-state index contributed by atoms with van der Waals surface area (Å²) in [6, 6.07) is 4.08. The maximum absolute atomic E-state index is 3.93. The predicted octanol–water partition coefficient (Wildman–Crippen LogP) is 2.88. The molecule has 0 spiro atoms. The van der Waals surface area contributed by atoms with Crippen molar-refractivity contribution in [2.75, 3.05) is 0 Å². The van der Waals surface area contributed by atoms with Crippen LogP contribution in [-0.2, 0) is 0 Å². The van der Waals surface area contributed by atoms with Crippen LogP contribution in [0.3, 0.4) is 0 Å². The van der Waals surface area contributed by atoms with Gasteiger partial charge >= 0.3 is 0 Å². The van der Waals surface area contributed by atoms with Crippen LogP contribution in [-0.4, -0.2) is 14.6 Å². The highest BCUT2D eigenvalue weighted by Crippen LogP contribution is 2.13. The van der Waals surface area contributed by atoms with Crippen molar-refractivity contribution in [2.24, 2.45) is 0 Å². The van der Waals surface area contributed by atoms with E-state index in [-0.39, 0.29) is 0 Å². The molecule has 2 heterocycles. The second-order valence-corrected chi connectivity index (χ2v) is 3.21. The van der Waals surface area contributed by atoms with Gasteiger partial charge in [0.2, 0.25) is 0 Å². The van der Waals surface area contributed by atoms with E-state index in [0.717, 1.165) is 5.65 Å². The lowest BCUT2D eigenvalue weighted by Crippen LogP contribution is -1.91.